The Balaban J connectivity index is 2.03. The van der Waals surface area contributed by atoms with Gasteiger partial charge in [0.1, 0.15) is 12.4 Å². The van der Waals surface area contributed by atoms with E-state index in [2.05, 4.69) is 0 Å². The average molecular weight is 318 g/mol. The molecule has 0 spiro atoms. The van der Waals surface area contributed by atoms with Crippen LogP contribution in [0.15, 0.2) is 42.5 Å². The molecular formula is C18H19FO4. The summed E-state index contributed by atoms with van der Waals surface area (Å²) in [5.41, 5.74) is 0.651. The molecule has 0 fully saturated rings. The number of carbonyl (C=O) groups excluding carboxylic acids is 1. The number of ether oxygens (including phenoxy) is 3. The Hall–Kier alpha value is -2.56. The quantitative estimate of drug-likeness (QED) is 0.724. The van der Waals surface area contributed by atoms with Crippen LogP contribution in [-0.2, 0) is 11.3 Å². The number of carbonyl (C=O) groups is 1. The highest BCUT2D eigenvalue weighted by Crippen LogP contribution is 2.28. The van der Waals surface area contributed by atoms with Crippen molar-refractivity contribution in [1.82, 2.24) is 0 Å². The fourth-order valence-corrected chi connectivity index (χ4v) is 1.99. The Morgan fingerprint density at radius 3 is 2.61 bits per heavy atom. The molecule has 0 unspecified atom stereocenters. The molecule has 4 nitrogen and oxygen atoms in total. The summed E-state index contributed by atoms with van der Waals surface area (Å²) in [5, 5.41) is 0. The molecule has 0 saturated heterocycles. The Kier molecular flexibility index (Phi) is 5.97. The van der Waals surface area contributed by atoms with Gasteiger partial charge in [0.15, 0.2) is 11.5 Å². The summed E-state index contributed by atoms with van der Waals surface area (Å²) >= 11 is 0. The van der Waals surface area contributed by atoms with Crippen LogP contribution in [0.1, 0.15) is 29.3 Å². The molecule has 0 amide bonds. The van der Waals surface area contributed by atoms with Crippen LogP contribution in [0.5, 0.6) is 11.5 Å². The van der Waals surface area contributed by atoms with Gasteiger partial charge in [-0.1, -0.05) is 25.1 Å². The largest absolute Gasteiger partial charge is 0.493 e. The van der Waals surface area contributed by atoms with Crippen molar-refractivity contribution in [2.45, 2.75) is 20.0 Å². The van der Waals surface area contributed by atoms with Crippen molar-refractivity contribution in [3.8, 4) is 11.5 Å². The van der Waals surface area contributed by atoms with Gasteiger partial charge in [0.2, 0.25) is 0 Å². The van der Waals surface area contributed by atoms with E-state index in [-0.39, 0.29) is 12.2 Å². The number of benzene rings is 2. The van der Waals surface area contributed by atoms with Crippen LogP contribution < -0.4 is 9.47 Å². The SMILES string of the molecule is CCCOc1ccc(COC(=O)c2ccccc2F)cc1OC. The van der Waals surface area contributed by atoms with Crippen LogP contribution in [0.2, 0.25) is 0 Å². The monoisotopic (exact) mass is 318 g/mol. The Labute approximate surface area is 134 Å². The molecular weight excluding hydrogens is 299 g/mol. The van der Waals surface area contributed by atoms with Crippen molar-refractivity contribution in [1.29, 1.82) is 0 Å². The van der Waals surface area contributed by atoms with Crippen LogP contribution in [0.3, 0.4) is 0 Å². The van der Waals surface area contributed by atoms with E-state index in [0.717, 1.165) is 12.0 Å². The summed E-state index contributed by atoms with van der Waals surface area (Å²) in [5.74, 6) is -0.0943. The van der Waals surface area contributed by atoms with Crippen molar-refractivity contribution in [2.75, 3.05) is 13.7 Å². The highest BCUT2D eigenvalue weighted by Gasteiger charge is 2.13. The molecule has 0 heterocycles. The van der Waals surface area contributed by atoms with Gasteiger partial charge in [-0.25, -0.2) is 9.18 Å². The van der Waals surface area contributed by atoms with E-state index in [1.807, 2.05) is 6.92 Å². The molecule has 0 aliphatic heterocycles. The fraction of sp³-hybridized carbons (Fsp3) is 0.278. The predicted molar refractivity (Wildman–Crippen MR) is 84.3 cm³/mol. The summed E-state index contributed by atoms with van der Waals surface area (Å²) in [6.45, 7) is 2.64. The lowest BCUT2D eigenvalue weighted by Crippen LogP contribution is -2.07. The molecule has 2 aromatic carbocycles. The van der Waals surface area contributed by atoms with E-state index in [1.165, 1.54) is 18.2 Å². The number of methoxy groups -OCH3 is 1. The van der Waals surface area contributed by atoms with Crippen LogP contribution in [0.4, 0.5) is 4.39 Å². The first-order valence-corrected chi connectivity index (χ1v) is 7.37. The van der Waals surface area contributed by atoms with Gasteiger partial charge in [0.25, 0.3) is 0 Å². The van der Waals surface area contributed by atoms with E-state index in [9.17, 15) is 9.18 Å². The average Bonchev–Trinajstić information content (AvgIpc) is 2.58. The zero-order valence-electron chi connectivity index (χ0n) is 13.2. The van der Waals surface area contributed by atoms with E-state index in [0.29, 0.717) is 18.1 Å². The van der Waals surface area contributed by atoms with Crippen LogP contribution >= 0.6 is 0 Å². The molecule has 0 aliphatic carbocycles. The Bertz CT molecular complexity index is 670. The number of rotatable bonds is 7. The molecule has 0 saturated carbocycles. The van der Waals surface area contributed by atoms with Gasteiger partial charge in [0.05, 0.1) is 19.3 Å². The summed E-state index contributed by atoms with van der Waals surface area (Å²) in [6, 6.07) is 11.0. The van der Waals surface area contributed by atoms with Crippen molar-refractivity contribution in [3.05, 3.63) is 59.4 Å². The second-order valence-electron chi connectivity index (χ2n) is 4.89. The van der Waals surface area contributed by atoms with Gasteiger partial charge in [-0.15, -0.1) is 0 Å². The third-order valence-corrected chi connectivity index (χ3v) is 3.15. The number of halogens is 1. The van der Waals surface area contributed by atoms with Crippen molar-refractivity contribution in [3.63, 3.8) is 0 Å². The molecule has 0 bridgehead atoms. The number of esters is 1. The van der Waals surface area contributed by atoms with E-state index >= 15 is 0 Å². The molecule has 5 heteroatoms. The topological polar surface area (TPSA) is 44.8 Å². The minimum absolute atomic E-state index is 0.0254. The maximum absolute atomic E-state index is 13.5. The number of hydrogen-bond donors (Lipinski definition) is 0. The van der Waals surface area contributed by atoms with Crippen LogP contribution in [0.25, 0.3) is 0 Å². The second-order valence-corrected chi connectivity index (χ2v) is 4.89. The second kappa shape index (κ2) is 8.17. The van der Waals surface area contributed by atoms with Gasteiger partial charge in [-0.3, -0.25) is 0 Å². The molecule has 2 aromatic rings. The molecule has 23 heavy (non-hydrogen) atoms. The highest BCUT2D eigenvalue weighted by molar-refractivity contribution is 5.89. The third-order valence-electron chi connectivity index (χ3n) is 3.15. The Morgan fingerprint density at radius 2 is 1.91 bits per heavy atom. The standard InChI is InChI=1S/C18H19FO4/c1-3-10-22-16-9-8-13(11-17(16)21-2)12-23-18(20)14-6-4-5-7-15(14)19/h4-9,11H,3,10,12H2,1-2H3. The molecule has 0 aliphatic rings. The normalized spacial score (nSPS) is 10.2. The lowest BCUT2D eigenvalue weighted by molar-refractivity contribution is 0.0467. The molecule has 2 rings (SSSR count). The molecule has 0 aromatic heterocycles. The Morgan fingerprint density at radius 1 is 1.13 bits per heavy atom. The summed E-state index contributed by atoms with van der Waals surface area (Å²) in [4.78, 5) is 11.9. The molecule has 122 valence electrons. The zero-order chi connectivity index (χ0) is 16.7. The number of hydrogen-bond acceptors (Lipinski definition) is 4. The van der Waals surface area contributed by atoms with Gasteiger partial charge in [-0.05, 0) is 36.2 Å². The third kappa shape index (κ3) is 4.45. The fourth-order valence-electron chi connectivity index (χ4n) is 1.99. The van der Waals surface area contributed by atoms with Crippen molar-refractivity contribution >= 4 is 5.97 Å². The van der Waals surface area contributed by atoms with Crippen LogP contribution in [-0.4, -0.2) is 19.7 Å². The summed E-state index contributed by atoms with van der Waals surface area (Å²) < 4.78 is 29.5. The smallest absolute Gasteiger partial charge is 0.341 e. The molecule has 0 atom stereocenters. The maximum atomic E-state index is 13.5. The summed E-state index contributed by atoms with van der Waals surface area (Å²) in [6.07, 6.45) is 0.894. The zero-order valence-corrected chi connectivity index (χ0v) is 13.2. The van der Waals surface area contributed by atoms with Crippen molar-refractivity contribution < 1.29 is 23.4 Å². The van der Waals surface area contributed by atoms with Crippen LogP contribution in [0, 0.1) is 5.82 Å². The minimum atomic E-state index is -0.701. The van der Waals surface area contributed by atoms with E-state index in [1.54, 1.807) is 31.4 Å². The first-order valence-electron chi connectivity index (χ1n) is 7.37. The lowest BCUT2D eigenvalue weighted by Gasteiger charge is -2.12. The molecule has 0 N–H and O–H groups in total. The first kappa shape index (κ1) is 16.8. The predicted octanol–water partition coefficient (Wildman–Crippen LogP) is 3.98. The summed E-state index contributed by atoms with van der Waals surface area (Å²) in [7, 11) is 1.54. The van der Waals surface area contributed by atoms with Gasteiger partial charge >= 0.3 is 5.97 Å². The van der Waals surface area contributed by atoms with Gasteiger partial charge in [0, 0.05) is 0 Å². The van der Waals surface area contributed by atoms with Gasteiger partial charge < -0.3 is 14.2 Å². The lowest BCUT2D eigenvalue weighted by atomic mass is 10.2. The van der Waals surface area contributed by atoms with E-state index < -0.39 is 11.8 Å². The van der Waals surface area contributed by atoms with Crippen molar-refractivity contribution in [2.24, 2.45) is 0 Å². The minimum Gasteiger partial charge on any atom is -0.493 e. The maximum Gasteiger partial charge on any atom is 0.341 e. The van der Waals surface area contributed by atoms with Gasteiger partial charge in [-0.2, -0.15) is 0 Å². The van der Waals surface area contributed by atoms with E-state index in [4.69, 9.17) is 14.2 Å². The first-order chi connectivity index (χ1) is 11.2. The highest BCUT2D eigenvalue weighted by atomic mass is 19.1. The molecule has 0 radical (unpaired) electrons.